The number of nitrogens with one attached hydrogen (secondary N) is 1. The molecule has 0 saturated carbocycles. The summed E-state index contributed by atoms with van der Waals surface area (Å²) in [6.45, 7) is 0.176. The van der Waals surface area contributed by atoms with Crippen molar-refractivity contribution in [3.8, 4) is 0 Å². The third-order valence-corrected chi connectivity index (χ3v) is 3.38. The molecule has 0 aromatic carbocycles. The second-order valence-electron chi connectivity index (χ2n) is 4.26. The van der Waals surface area contributed by atoms with Crippen LogP contribution in [-0.4, -0.2) is 58.7 Å². The summed E-state index contributed by atoms with van der Waals surface area (Å²) in [4.78, 5) is 23.3. The molecule has 0 spiro atoms. The molecule has 7 heteroatoms. The van der Waals surface area contributed by atoms with Gasteiger partial charge in [0, 0.05) is 6.61 Å². The van der Waals surface area contributed by atoms with Crippen molar-refractivity contribution in [2.45, 2.75) is 24.5 Å². The molecule has 1 aliphatic heterocycles. The van der Waals surface area contributed by atoms with Crippen LogP contribution in [-0.2, 0) is 14.3 Å². The smallest absolute Gasteiger partial charge is 0.337 e. The highest BCUT2D eigenvalue weighted by atomic mass is 16.5. The van der Waals surface area contributed by atoms with Crippen molar-refractivity contribution < 1.29 is 29.6 Å². The zero-order valence-corrected chi connectivity index (χ0v) is 9.77. The number of methoxy groups -OCH3 is 1. The number of amides is 1. The Morgan fingerprint density at radius 3 is 2.53 bits per heavy atom. The van der Waals surface area contributed by atoms with Crippen molar-refractivity contribution >= 4 is 11.9 Å². The fraction of sp³-hybridized carbons (Fsp3) is 0.800. The summed E-state index contributed by atoms with van der Waals surface area (Å²) in [6.07, 6.45) is -0.00240. The van der Waals surface area contributed by atoms with Gasteiger partial charge in [-0.2, -0.15) is 0 Å². The van der Waals surface area contributed by atoms with Gasteiger partial charge < -0.3 is 25.4 Å². The van der Waals surface area contributed by atoms with Gasteiger partial charge >= 0.3 is 5.97 Å². The molecule has 1 aliphatic rings. The van der Waals surface area contributed by atoms with Gasteiger partial charge in [-0.05, 0) is 13.3 Å². The Bertz CT molecular complexity index is 329. The van der Waals surface area contributed by atoms with E-state index in [4.69, 9.17) is 5.11 Å². The Morgan fingerprint density at radius 1 is 1.53 bits per heavy atom. The van der Waals surface area contributed by atoms with Crippen molar-refractivity contribution in [2.24, 2.45) is 5.92 Å². The molecule has 0 aliphatic carbocycles. The molecule has 1 rings (SSSR count). The average Bonchev–Trinajstić information content (AvgIpc) is 2.49. The maximum atomic E-state index is 11.7. The molecular weight excluding hydrogens is 230 g/mol. The highest BCUT2D eigenvalue weighted by molar-refractivity contribution is 5.96. The fourth-order valence-corrected chi connectivity index (χ4v) is 2.21. The number of carbonyl (C=O) groups excluding carboxylic acids is 2. The summed E-state index contributed by atoms with van der Waals surface area (Å²) in [5, 5.41) is 30.7. The van der Waals surface area contributed by atoms with Gasteiger partial charge in [0.05, 0.1) is 19.6 Å². The Labute approximate surface area is 98.4 Å². The van der Waals surface area contributed by atoms with Crippen LogP contribution in [0.3, 0.4) is 0 Å². The second kappa shape index (κ2) is 4.59. The molecule has 0 radical (unpaired) electrons. The molecule has 1 heterocycles. The van der Waals surface area contributed by atoms with E-state index >= 15 is 0 Å². The Kier molecular flexibility index (Phi) is 3.75. The minimum atomic E-state index is -1.88. The molecular formula is C10H17NO6. The lowest BCUT2D eigenvalue weighted by Crippen LogP contribution is -2.65. The van der Waals surface area contributed by atoms with Gasteiger partial charge in [0.15, 0.2) is 5.54 Å². The number of aliphatic hydroxyl groups is 3. The van der Waals surface area contributed by atoms with Crippen molar-refractivity contribution in [2.75, 3.05) is 20.3 Å². The van der Waals surface area contributed by atoms with Gasteiger partial charge in [0.1, 0.15) is 5.60 Å². The van der Waals surface area contributed by atoms with E-state index in [2.05, 4.69) is 10.1 Å². The van der Waals surface area contributed by atoms with E-state index in [0.717, 1.165) is 7.11 Å². The molecule has 0 bridgehead atoms. The third kappa shape index (κ3) is 1.80. The van der Waals surface area contributed by atoms with Crippen LogP contribution < -0.4 is 5.32 Å². The molecule has 0 unspecified atom stereocenters. The Hall–Kier alpha value is -1.18. The number of rotatable bonds is 4. The first-order chi connectivity index (χ1) is 7.87. The SMILES string of the molecule is COC(=O)[C@]1(CO)NC(=O)[C@H](CCO)[C@]1(C)O. The first-order valence-corrected chi connectivity index (χ1v) is 5.22. The van der Waals surface area contributed by atoms with Crippen LogP contribution in [0.15, 0.2) is 0 Å². The molecule has 4 N–H and O–H groups in total. The van der Waals surface area contributed by atoms with Crippen LogP contribution in [0.25, 0.3) is 0 Å². The van der Waals surface area contributed by atoms with E-state index in [1.54, 1.807) is 0 Å². The average molecular weight is 247 g/mol. The molecule has 0 aromatic rings. The van der Waals surface area contributed by atoms with Gasteiger partial charge in [0.25, 0.3) is 0 Å². The van der Waals surface area contributed by atoms with E-state index in [1.807, 2.05) is 0 Å². The molecule has 17 heavy (non-hydrogen) atoms. The van der Waals surface area contributed by atoms with Crippen molar-refractivity contribution in [1.82, 2.24) is 5.32 Å². The third-order valence-electron chi connectivity index (χ3n) is 3.38. The largest absolute Gasteiger partial charge is 0.467 e. The zero-order chi connectivity index (χ0) is 13.3. The lowest BCUT2D eigenvalue weighted by Gasteiger charge is -2.36. The monoisotopic (exact) mass is 247 g/mol. The lowest BCUT2D eigenvalue weighted by molar-refractivity contribution is -0.163. The molecule has 1 amide bonds. The number of ether oxygens (including phenoxy) is 1. The van der Waals surface area contributed by atoms with Crippen molar-refractivity contribution in [3.63, 3.8) is 0 Å². The number of aliphatic hydroxyl groups excluding tert-OH is 2. The fourth-order valence-electron chi connectivity index (χ4n) is 2.21. The van der Waals surface area contributed by atoms with Crippen molar-refractivity contribution in [1.29, 1.82) is 0 Å². The van der Waals surface area contributed by atoms with Gasteiger partial charge in [-0.3, -0.25) is 4.79 Å². The van der Waals surface area contributed by atoms with Crippen LogP contribution in [0.2, 0.25) is 0 Å². The number of hydrogen-bond donors (Lipinski definition) is 4. The number of esters is 1. The predicted octanol–water partition coefficient (Wildman–Crippen LogP) is -2.23. The van der Waals surface area contributed by atoms with E-state index < -0.39 is 35.5 Å². The van der Waals surface area contributed by atoms with Crippen LogP contribution in [0.5, 0.6) is 0 Å². The van der Waals surface area contributed by atoms with E-state index in [-0.39, 0.29) is 13.0 Å². The molecule has 3 atom stereocenters. The van der Waals surface area contributed by atoms with Crippen LogP contribution >= 0.6 is 0 Å². The second-order valence-corrected chi connectivity index (χ2v) is 4.26. The quantitative estimate of drug-likeness (QED) is 0.418. The van der Waals surface area contributed by atoms with Crippen LogP contribution in [0, 0.1) is 5.92 Å². The topological polar surface area (TPSA) is 116 Å². The summed E-state index contributed by atoms with van der Waals surface area (Å²) >= 11 is 0. The maximum Gasteiger partial charge on any atom is 0.337 e. The first kappa shape index (κ1) is 13.9. The van der Waals surface area contributed by atoms with E-state index in [1.165, 1.54) is 6.92 Å². The van der Waals surface area contributed by atoms with Gasteiger partial charge in [-0.15, -0.1) is 0 Å². The molecule has 1 fully saturated rings. The maximum absolute atomic E-state index is 11.7. The van der Waals surface area contributed by atoms with E-state index in [0.29, 0.717) is 0 Å². The molecule has 7 nitrogen and oxygen atoms in total. The van der Waals surface area contributed by atoms with Crippen LogP contribution in [0.4, 0.5) is 0 Å². The Balaban J connectivity index is 3.18. The Morgan fingerprint density at radius 2 is 2.12 bits per heavy atom. The number of hydrogen-bond acceptors (Lipinski definition) is 6. The summed E-state index contributed by atoms with van der Waals surface area (Å²) in [6, 6.07) is 0. The summed E-state index contributed by atoms with van der Waals surface area (Å²) < 4.78 is 4.50. The van der Waals surface area contributed by atoms with Gasteiger partial charge in [-0.25, -0.2) is 4.79 Å². The molecule has 0 aromatic heterocycles. The normalized spacial score (nSPS) is 36.8. The summed E-state index contributed by atoms with van der Waals surface area (Å²) in [5.74, 6) is -2.49. The van der Waals surface area contributed by atoms with Gasteiger partial charge in [-0.1, -0.05) is 0 Å². The highest BCUT2D eigenvalue weighted by Crippen LogP contribution is 2.38. The predicted molar refractivity (Wildman–Crippen MR) is 55.8 cm³/mol. The van der Waals surface area contributed by atoms with E-state index in [9.17, 15) is 19.8 Å². The minimum Gasteiger partial charge on any atom is -0.467 e. The number of carbonyl (C=O) groups is 2. The van der Waals surface area contributed by atoms with Gasteiger partial charge in [0.2, 0.25) is 5.91 Å². The van der Waals surface area contributed by atoms with Crippen molar-refractivity contribution in [3.05, 3.63) is 0 Å². The molecule has 1 saturated heterocycles. The summed E-state index contributed by atoms with van der Waals surface area (Å²) in [5.41, 5.74) is -3.70. The first-order valence-electron chi connectivity index (χ1n) is 5.22. The minimum absolute atomic E-state index is 0.00240. The highest BCUT2D eigenvalue weighted by Gasteiger charge is 2.65. The van der Waals surface area contributed by atoms with Crippen LogP contribution in [0.1, 0.15) is 13.3 Å². The lowest BCUT2D eigenvalue weighted by atomic mass is 9.76. The molecule has 98 valence electrons. The standard InChI is InChI=1S/C10H17NO6/c1-9(16)6(3-4-12)7(14)11-10(9,5-13)8(15)17-2/h6,12-13,16H,3-5H2,1-2H3,(H,11,14)/t6-,9-,10-/m0/s1. The summed E-state index contributed by atoms with van der Waals surface area (Å²) in [7, 11) is 1.10. The zero-order valence-electron chi connectivity index (χ0n) is 9.77.